The number of aromatic hydroxyl groups is 1. The number of Topliss-reactive ketones (excluding diaryl/α,β-unsaturated/α-hetero) is 1. The van der Waals surface area contributed by atoms with Crippen LogP contribution in [0.3, 0.4) is 0 Å². The lowest BCUT2D eigenvalue weighted by molar-refractivity contribution is -0.140. The maximum absolute atomic E-state index is 13.4. The summed E-state index contributed by atoms with van der Waals surface area (Å²) in [6, 6.07) is 11.9. The standard InChI is InChI=1S/C24H19FN2O5/c1-32-19-11-16(6-9-18(19)28)21-20(22(29)15-4-7-17(25)8-5-15)23(30)24(31)27(21)13-14-3-2-10-26-12-14/h2-12,21,28-29H,13H2,1H3/b22-20-. The van der Waals surface area contributed by atoms with Gasteiger partial charge in [-0.15, -0.1) is 0 Å². The number of aliphatic hydroxyl groups is 1. The first-order valence-electron chi connectivity index (χ1n) is 9.71. The number of ether oxygens (including phenoxy) is 1. The molecule has 0 saturated carbocycles. The highest BCUT2D eigenvalue weighted by Gasteiger charge is 2.46. The van der Waals surface area contributed by atoms with Crippen LogP contribution in [0.25, 0.3) is 5.76 Å². The van der Waals surface area contributed by atoms with Crippen molar-refractivity contribution in [2.24, 2.45) is 0 Å². The molecule has 0 spiro atoms. The minimum Gasteiger partial charge on any atom is -0.507 e. The van der Waals surface area contributed by atoms with Crippen LogP contribution in [0.4, 0.5) is 4.39 Å². The Bertz CT molecular complexity index is 1210. The summed E-state index contributed by atoms with van der Waals surface area (Å²) in [6.45, 7) is 0.0620. The summed E-state index contributed by atoms with van der Waals surface area (Å²) < 4.78 is 18.5. The van der Waals surface area contributed by atoms with E-state index in [0.717, 1.165) is 12.1 Å². The molecule has 1 aliphatic heterocycles. The molecule has 0 aliphatic carbocycles. The number of carbonyl (C=O) groups is 2. The quantitative estimate of drug-likeness (QED) is 0.362. The van der Waals surface area contributed by atoms with Crippen LogP contribution in [0.5, 0.6) is 11.5 Å². The third-order valence-corrected chi connectivity index (χ3v) is 5.25. The number of hydrogen-bond donors (Lipinski definition) is 2. The van der Waals surface area contributed by atoms with Gasteiger partial charge in [-0.25, -0.2) is 4.39 Å². The van der Waals surface area contributed by atoms with Crippen LogP contribution >= 0.6 is 0 Å². The van der Waals surface area contributed by atoms with Crippen molar-refractivity contribution in [1.29, 1.82) is 0 Å². The van der Waals surface area contributed by atoms with E-state index in [1.807, 2.05) is 0 Å². The van der Waals surface area contributed by atoms with Crippen LogP contribution in [0.2, 0.25) is 0 Å². The van der Waals surface area contributed by atoms with Crippen molar-refractivity contribution in [3.05, 3.63) is 95.1 Å². The predicted octanol–water partition coefficient (Wildman–Crippen LogP) is 3.56. The van der Waals surface area contributed by atoms with E-state index in [0.29, 0.717) is 11.1 Å². The summed E-state index contributed by atoms with van der Waals surface area (Å²) in [5.74, 6) is -2.55. The SMILES string of the molecule is COc1cc(C2/C(=C(/O)c3ccc(F)cc3)C(=O)C(=O)N2Cc2cccnc2)ccc1O. The van der Waals surface area contributed by atoms with Crippen molar-refractivity contribution in [2.75, 3.05) is 7.11 Å². The van der Waals surface area contributed by atoms with Crippen LogP contribution in [-0.4, -0.2) is 38.9 Å². The molecule has 7 nitrogen and oxygen atoms in total. The number of methoxy groups -OCH3 is 1. The number of hydrogen-bond acceptors (Lipinski definition) is 6. The fraction of sp³-hybridized carbons (Fsp3) is 0.125. The van der Waals surface area contributed by atoms with Gasteiger partial charge >= 0.3 is 0 Å². The summed E-state index contributed by atoms with van der Waals surface area (Å²) in [4.78, 5) is 31.4. The van der Waals surface area contributed by atoms with Crippen LogP contribution in [-0.2, 0) is 16.1 Å². The number of phenolic OH excluding ortho intramolecular Hbond substituents is 1. The minimum absolute atomic E-state index is 0.0620. The van der Waals surface area contributed by atoms with Gasteiger partial charge in [-0.05, 0) is 53.6 Å². The maximum Gasteiger partial charge on any atom is 0.295 e. The highest BCUT2D eigenvalue weighted by molar-refractivity contribution is 6.46. The Hall–Kier alpha value is -4.20. The van der Waals surface area contributed by atoms with E-state index in [-0.39, 0.29) is 29.2 Å². The third-order valence-electron chi connectivity index (χ3n) is 5.25. The Morgan fingerprint density at radius 3 is 2.56 bits per heavy atom. The van der Waals surface area contributed by atoms with E-state index in [2.05, 4.69) is 4.98 Å². The number of ketones is 1. The molecule has 1 aromatic heterocycles. The first kappa shape index (κ1) is 21.0. The molecule has 1 amide bonds. The average molecular weight is 434 g/mol. The number of nitrogens with zero attached hydrogens (tertiary/aromatic N) is 2. The molecule has 162 valence electrons. The second-order valence-electron chi connectivity index (χ2n) is 7.23. The topological polar surface area (TPSA) is 100.0 Å². The molecule has 8 heteroatoms. The Kier molecular flexibility index (Phi) is 5.59. The molecule has 4 rings (SSSR count). The molecule has 2 aromatic carbocycles. The second kappa shape index (κ2) is 8.50. The van der Waals surface area contributed by atoms with Crippen molar-refractivity contribution in [2.45, 2.75) is 12.6 Å². The zero-order chi connectivity index (χ0) is 22.8. The number of likely N-dealkylation sites (tertiary alicyclic amines) is 1. The maximum atomic E-state index is 13.4. The molecular weight excluding hydrogens is 415 g/mol. The lowest BCUT2D eigenvalue weighted by Gasteiger charge is -2.25. The Balaban J connectivity index is 1.89. The number of carbonyl (C=O) groups excluding carboxylic acids is 2. The second-order valence-corrected chi connectivity index (χ2v) is 7.23. The van der Waals surface area contributed by atoms with Gasteiger partial charge in [0.25, 0.3) is 11.7 Å². The van der Waals surface area contributed by atoms with Gasteiger partial charge in [0, 0.05) is 24.5 Å². The fourth-order valence-electron chi connectivity index (χ4n) is 3.71. The van der Waals surface area contributed by atoms with Gasteiger partial charge in [0.05, 0.1) is 18.7 Å². The Morgan fingerprint density at radius 2 is 1.91 bits per heavy atom. The average Bonchev–Trinajstić information content (AvgIpc) is 3.05. The van der Waals surface area contributed by atoms with E-state index < -0.39 is 29.3 Å². The summed E-state index contributed by atoms with van der Waals surface area (Å²) in [7, 11) is 1.38. The molecule has 2 N–H and O–H groups in total. The summed E-state index contributed by atoms with van der Waals surface area (Å²) in [5, 5.41) is 20.9. The number of phenols is 1. The van der Waals surface area contributed by atoms with Gasteiger partial charge in [-0.2, -0.15) is 0 Å². The van der Waals surface area contributed by atoms with Gasteiger partial charge < -0.3 is 19.8 Å². The molecule has 0 radical (unpaired) electrons. The van der Waals surface area contributed by atoms with E-state index in [1.165, 1.54) is 36.3 Å². The number of aromatic nitrogens is 1. The first-order chi connectivity index (χ1) is 15.4. The molecule has 1 unspecified atom stereocenters. The molecule has 1 saturated heterocycles. The molecule has 32 heavy (non-hydrogen) atoms. The smallest absolute Gasteiger partial charge is 0.295 e. The van der Waals surface area contributed by atoms with Gasteiger partial charge in [0.2, 0.25) is 0 Å². The van der Waals surface area contributed by atoms with Gasteiger partial charge in [0.1, 0.15) is 11.6 Å². The Morgan fingerprint density at radius 1 is 1.16 bits per heavy atom. The van der Waals surface area contributed by atoms with E-state index >= 15 is 0 Å². The highest BCUT2D eigenvalue weighted by Crippen LogP contribution is 2.42. The van der Waals surface area contributed by atoms with Gasteiger partial charge in [-0.1, -0.05) is 12.1 Å². The minimum atomic E-state index is -0.963. The Labute approximate surface area is 183 Å². The van der Waals surface area contributed by atoms with Crippen LogP contribution in [0.1, 0.15) is 22.7 Å². The van der Waals surface area contributed by atoms with Crippen LogP contribution in [0, 0.1) is 5.82 Å². The zero-order valence-corrected chi connectivity index (χ0v) is 17.0. The van der Waals surface area contributed by atoms with Gasteiger partial charge in [-0.3, -0.25) is 14.6 Å². The van der Waals surface area contributed by atoms with Crippen molar-refractivity contribution in [1.82, 2.24) is 9.88 Å². The molecule has 2 heterocycles. The van der Waals surface area contributed by atoms with Crippen molar-refractivity contribution < 1.29 is 28.9 Å². The summed E-state index contributed by atoms with van der Waals surface area (Å²) in [6.07, 6.45) is 3.17. The van der Waals surface area contributed by atoms with Crippen LogP contribution in [0.15, 0.2) is 72.6 Å². The van der Waals surface area contributed by atoms with E-state index in [9.17, 15) is 24.2 Å². The molecule has 3 aromatic rings. The molecular formula is C24H19FN2O5. The number of rotatable bonds is 5. The van der Waals surface area contributed by atoms with Crippen LogP contribution < -0.4 is 4.74 Å². The lowest BCUT2D eigenvalue weighted by atomic mass is 9.95. The normalized spacial score (nSPS) is 17.6. The number of halogens is 1. The highest BCUT2D eigenvalue weighted by atomic mass is 19.1. The number of amides is 1. The summed E-state index contributed by atoms with van der Waals surface area (Å²) >= 11 is 0. The number of pyridine rings is 1. The predicted molar refractivity (Wildman–Crippen MR) is 113 cm³/mol. The largest absolute Gasteiger partial charge is 0.507 e. The van der Waals surface area contributed by atoms with Gasteiger partial charge in [0.15, 0.2) is 11.5 Å². The molecule has 1 fully saturated rings. The van der Waals surface area contributed by atoms with Crippen molar-refractivity contribution >= 4 is 17.4 Å². The van der Waals surface area contributed by atoms with Crippen molar-refractivity contribution in [3.63, 3.8) is 0 Å². The lowest BCUT2D eigenvalue weighted by Crippen LogP contribution is -2.29. The zero-order valence-electron chi connectivity index (χ0n) is 17.0. The monoisotopic (exact) mass is 434 g/mol. The molecule has 1 aliphatic rings. The molecule has 1 atom stereocenters. The van der Waals surface area contributed by atoms with E-state index in [1.54, 1.807) is 30.6 Å². The first-order valence-corrected chi connectivity index (χ1v) is 9.71. The number of benzene rings is 2. The van der Waals surface area contributed by atoms with Crippen molar-refractivity contribution in [3.8, 4) is 11.5 Å². The number of aliphatic hydroxyl groups excluding tert-OH is 1. The van der Waals surface area contributed by atoms with E-state index in [4.69, 9.17) is 4.74 Å². The molecule has 0 bridgehead atoms. The fourth-order valence-corrected chi connectivity index (χ4v) is 3.71. The summed E-state index contributed by atoms with van der Waals surface area (Å²) in [5.41, 5.74) is 1.19. The third kappa shape index (κ3) is 3.78.